The Hall–Kier alpha value is -1.88. The molecule has 1 aromatic heterocycles. The molecular weight excluding hydrogens is 254 g/mol. The van der Waals surface area contributed by atoms with E-state index < -0.39 is 0 Å². The van der Waals surface area contributed by atoms with E-state index in [0.717, 1.165) is 24.2 Å². The van der Waals surface area contributed by atoms with Gasteiger partial charge in [-0.15, -0.1) is 0 Å². The first-order chi connectivity index (χ1) is 9.78. The molecule has 5 heteroatoms. The molecule has 1 aliphatic rings. The fraction of sp³-hybridized carbons (Fsp3) is 0.467. The first kappa shape index (κ1) is 13.1. The summed E-state index contributed by atoms with van der Waals surface area (Å²) in [4.78, 5) is 4.48. The van der Waals surface area contributed by atoms with Crippen molar-refractivity contribution in [1.82, 2.24) is 10.1 Å². The number of hydrogen-bond acceptors (Lipinski definition) is 5. The molecule has 0 bridgehead atoms. The zero-order valence-electron chi connectivity index (χ0n) is 11.6. The number of aromatic nitrogens is 2. The molecule has 3 rings (SSSR count). The van der Waals surface area contributed by atoms with Crippen molar-refractivity contribution in [2.24, 2.45) is 5.73 Å². The van der Waals surface area contributed by atoms with Crippen LogP contribution in [0.4, 0.5) is 0 Å². The lowest BCUT2D eigenvalue weighted by atomic mass is 10.0. The van der Waals surface area contributed by atoms with Gasteiger partial charge in [0.05, 0.1) is 5.92 Å². The van der Waals surface area contributed by atoms with E-state index in [1.165, 1.54) is 0 Å². The first-order valence-corrected chi connectivity index (χ1v) is 7.07. The number of benzene rings is 1. The highest BCUT2D eigenvalue weighted by molar-refractivity contribution is 5.42. The van der Waals surface area contributed by atoms with E-state index in [4.69, 9.17) is 15.0 Å². The lowest BCUT2D eigenvalue weighted by Gasteiger charge is -2.05. The number of hydrogen-bond donors (Lipinski definition) is 1. The van der Waals surface area contributed by atoms with Gasteiger partial charge in [-0.3, -0.25) is 0 Å². The Kier molecular flexibility index (Phi) is 3.69. The summed E-state index contributed by atoms with van der Waals surface area (Å²) in [6, 6.07) is 8.06. The second-order valence-electron chi connectivity index (χ2n) is 5.20. The van der Waals surface area contributed by atoms with Gasteiger partial charge in [0, 0.05) is 18.0 Å². The molecule has 0 saturated heterocycles. The van der Waals surface area contributed by atoms with Crippen LogP contribution in [0.3, 0.4) is 0 Å². The molecule has 5 nitrogen and oxygen atoms in total. The Morgan fingerprint density at radius 2 is 2.25 bits per heavy atom. The average molecular weight is 273 g/mol. The summed E-state index contributed by atoms with van der Waals surface area (Å²) in [7, 11) is 0. The summed E-state index contributed by atoms with van der Waals surface area (Å²) < 4.78 is 11.0. The van der Waals surface area contributed by atoms with Crippen LogP contribution in [0, 0.1) is 0 Å². The van der Waals surface area contributed by atoms with Crippen LogP contribution in [0.5, 0.6) is 5.75 Å². The second-order valence-corrected chi connectivity index (χ2v) is 5.20. The van der Waals surface area contributed by atoms with Gasteiger partial charge in [0.2, 0.25) is 5.89 Å². The predicted octanol–water partition coefficient (Wildman–Crippen LogP) is 2.26. The van der Waals surface area contributed by atoms with Crippen molar-refractivity contribution >= 4 is 0 Å². The Balaban J connectivity index is 1.75. The number of fused-ring (bicyclic) bond motifs is 1. The molecule has 2 atom stereocenters. The van der Waals surface area contributed by atoms with Gasteiger partial charge in [0.1, 0.15) is 12.4 Å². The molecule has 1 aromatic carbocycles. The number of nitrogens with two attached hydrogens (primary N) is 1. The molecule has 2 unspecified atom stereocenters. The molecule has 0 saturated carbocycles. The van der Waals surface area contributed by atoms with Gasteiger partial charge in [-0.2, -0.15) is 4.98 Å². The zero-order chi connectivity index (χ0) is 13.9. The summed E-state index contributed by atoms with van der Waals surface area (Å²) in [5.74, 6) is 2.27. The van der Waals surface area contributed by atoms with Crippen LogP contribution in [0.2, 0.25) is 0 Å². The van der Waals surface area contributed by atoms with Crippen LogP contribution in [0.25, 0.3) is 0 Å². The molecule has 2 N–H and O–H groups in total. The lowest BCUT2D eigenvalue weighted by molar-refractivity contribution is 0.330. The third kappa shape index (κ3) is 2.54. The van der Waals surface area contributed by atoms with Crippen molar-refractivity contribution in [3.05, 3.63) is 41.5 Å². The van der Waals surface area contributed by atoms with Crippen molar-refractivity contribution in [3.8, 4) is 5.75 Å². The van der Waals surface area contributed by atoms with Gasteiger partial charge < -0.3 is 15.0 Å². The molecule has 2 heterocycles. The first-order valence-electron chi connectivity index (χ1n) is 7.07. The Bertz CT molecular complexity index is 582. The highest BCUT2D eigenvalue weighted by Crippen LogP contribution is 2.36. The van der Waals surface area contributed by atoms with Crippen molar-refractivity contribution < 1.29 is 9.26 Å². The fourth-order valence-electron chi connectivity index (χ4n) is 2.57. The third-order valence-corrected chi connectivity index (χ3v) is 3.59. The van der Waals surface area contributed by atoms with Crippen LogP contribution < -0.4 is 10.5 Å². The van der Waals surface area contributed by atoms with E-state index >= 15 is 0 Å². The van der Waals surface area contributed by atoms with E-state index in [9.17, 15) is 0 Å². The highest BCUT2D eigenvalue weighted by Gasteiger charge is 2.29. The van der Waals surface area contributed by atoms with Crippen LogP contribution in [-0.4, -0.2) is 22.8 Å². The fourth-order valence-corrected chi connectivity index (χ4v) is 2.57. The molecule has 106 valence electrons. The number of ether oxygens (including phenoxy) is 1. The van der Waals surface area contributed by atoms with Gasteiger partial charge in [0.25, 0.3) is 0 Å². The number of para-hydroxylation sites is 1. The van der Waals surface area contributed by atoms with Crippen LogP contribution >= 0.6 is 0 Å². The molecule has 2 aromatic rings. The summed E-state index contributed by atoms with van der Waals surface area (Å²) in [5, 5.41) is 4.09. The quantitative estimate of drug-likeness (QED) is 0.904. The molecule has 20 heavy (non-hydrogen) atoms. The van der Waals surface area contributed by atoms with Crippen LogP contribution in [0.15, 0.2) is 28.8 Å². The molecule has 0 fully saturated rings. The van der Waals surface area contributed by atoms with Gasteiger partial charge in [-0.25, -0.2) is 0 Å². The largest absolute Gasteiger partial charge is 0.492 e. The Morgan fingerprint density at radius 1 is 1.40 bits per heavy atom. The zero-order valence-corrected chi connectivity index (χ0v) is 11.6. The van der Waals surface area contributed by atoms with Gasteiger partial charge in [-0.1, -0.05) is 36.7 Å². The van der Waals surface area contributed by atoms with Crippen molar-refractivity contribution in [3.63, 3.8) is 0 Å². The minimum absolute atomic E-state index is 0.0612. The van der Waals surface area contributed by atoms with Crippen LogP contribution in [-0.2, 0) is 6.42 Å². The Labute approximate surface area is 118 Å². The van der Waals surface area contributed by atoms with E-state index in [-0.39, 0.29) is 12.0 Å². The van der Waals surface area contributed by atoms with Crippen molar-refractivity contribution in [2.45, 2.75) is 38.1 Å². The maximum absolute atomic E-state index is 6.00. The number of nitrogens with zero attached hydrogens (tertiary/aromatic N) is 2. The maximum atomic E-state index is 6.00. The molecule has 1 aliphatic heterocycles. The summed E-state index contributed by atoms with van der Waals surface area (Å²) in [6.45, 7) is 2.69. The molecule has 0 amide bonds. The van der Waals surface area contributed by atoms with Crippen LogP contribution in [0.1, 0.15) is 43.0 Å². The summed E-state index contributed by atoms with van der Waals surface area (Å²) in [5.41, 5.74) is 7.13. The summed E-state index contributed by atoms with van der Waals surface area (Å²) in [6.07, 6.45) is 2.66. The molecular formula is C15H19N3O2. The molecule has 0 radical (unpaired) electrons. The number of rotatable bonds is 5. The average Bonchev–Trinajstić information content (AvgIpc) is 3.05. The van der Waals surface area contributed by atoms with Gasteiger partial charge in [0.15, 0.2) is 5.82 Å². The lowest BCUT2D eigenvalue weighted by Crippen LogP contribution is -2.22. The SMILES string of the molecule is CCCC(N)Cc1nc(C2COc3ccccc32)no1. The summed E-state index contributed by atoms with van der Waals surface area (Å²) >= 11 is 0. The minimum atomic E-state index is 0.0612. The minimum Gasteiger partial charge on any atom is -0.492 e. The maximum Gasteiger partial charge on any atom is 0.228 e. The Morgan fingerprint density at radius 3 is 3.10 bits per heavy atom. The second kappa shape index (κ2) is 5.63. The van der Waals surface area contributed by atoms with E-state index in [1.54, 1.807) is 0 Å². The topological polar surface area (TPSA) is 74.2 Å². The molecule has 0 aliphatic carbocycles. The smallest absolute Gasteiger partial charge is 0.228 e. The van der Waals surface area contributed by atoms with E-state index in [1.807, 2.05) is 24.3 Å². The third-order valence-electron chi connectivity index (χ3n) is 3.59. The molecule has 0 spiro atoms. The van der Waals surface area contributed by atoms with Gasteiger partial charge >= 0.3 is 0 Å². The van der Waals surface area contributed by atoms with Gasteiger partial charge in [-0.05, 0) is 12.5 Å². The van der Waals surface area contributed by atoms with E-state index in [0.29, 0.717) is 24.7 Å². The van der Waals surface area contributed by atoms with E-state index in [2.05, 4.69) is 17.1 Å². The van der Waals surface area contributed by atoms with Crippen molar-refractivity contribution in [1.29, 1.82) is 0 Å². The monoisotopic (exact) mass is 273 g/mol. The normalized spacial score (nSPS) is 18.6. The standard InChI is InChI=1S/C15H19N3O2/c1-2-5-10(16)8-14-17-15(18-20-14)12-9-19-13-7-4-3-6-11(12)13/h3-4,6-7,10,12H,2,5,8-9,16H2,1H3. The predicted molar refractivity (Wildman–Crippen MR) is 74.7 cm³/mol. The highest BCUT2D eigenvalue weighted by atomic mass is 16.5. The van der Waals surface area contributed by atoms with Crippen molar-refractivity contribution in [2.75, 3.05) is 6.61 Å².